The van der Waals surface area contributed by atoms with Crippen LogP contribution in [-0.2, 0) is 11.0 Å². The standard InChI is InChI=1S/C14H16F4N2O2/c15-12-10(14(16,17)18)2-1-3-11(12)22-9-6-4-8(5-7-9)13(21)20-19/h1-3,8-9H,4-7,19H2,(H,20,21). The maximum atomic E-state index is 13.9. The van der Waals surface area contributed by atoms with Crippen molar-refractivity contribution in [3.63, 3.8) is 0 Å². The Morgan fingerprint density at radius 1 is 1.23 bits per heavy atom. The van der Waals surface area contributed by atoms with Gasteiger partial charge in [-0.1, -0.05) is 6.07 Å². The molecule has 0 aromatic heterocycles. The Balaban J connectivity index is 2.03. The number of hydrazine groups is 1. The molecule has 0 heterocycles. The average molecular weight is 320 g/mol. The lowest BCUT2D eigenvalue weighted by Gasteiger charge is -2.28. The van der Waals surface area contributed by atoms with Gasteiger partial charge in [0.25, 0.3) is 0 Å². The zero-order valence-electron chi connectivity index (χ0n) is 11.6. The molecular formula is C14H16F4N2O2. The van der Waals surface area contributed by atoms with Gasteiger partial charge in [0.2, 0.25) is 5.91 Å². The third-order valence-corrected chi connectivity index (χ3v) is 3.75. The van der Waals surface area contributed by atoms with Crippen molar-refractivity contribution in [2.24, 2.45) is 11.8 Å². The number of nitrogens with two attached hydrogens (primary N) is 1. The molecule has 0 aliphatic heterocycles. The van der Waals surface area contributed by atoms with Crippen LogP contribution in [0.4, 0.5) is 17.6 Å². The SMILES string of the molecule is NNC(=O)C1CCC(Oc2cccc(C(F)(F)F)c2F)CC1. The molecule has 0 radical (unpaired) electrons. The number of hydrogen-bond acceptors (Lipinski definition) is 3. The second-order valence-electron chi connectivity index (χ2n) is 5.22. The van der Waals surface area contributed by atoms with Crippen molar-refractivity contribution in [2.75, 3.05) is 0 Å². The summed E-state index contributed by atoms with van der Waals surface area (Å²) in [5.41, 5.74) is 0.722. The molecule has 1 saturated carbocycles. The molecule has 0 atom stereocenters. The highest BCUT2D eigenvalue weighted by atomic mass is 19.4. The second kappa shape index (κ2) is 6.51. The van der Waals surface area contributed by atoms with Crippen molar-refractivity contribution in [2.45, 2.75) is 38.0 Å². The molecule has 0 bridgehead atoms. The van der Waals surface area contributed by atoms with E-state index in [-0.39, 0.29) is 11.8 Å². The number of carbonyl (C=O) groups excluding carboxylic acids is 1. The summed E-state index contributed by atoms with van der Waals surface area (Å²) < 4.78 is 57.1. The van der Waals surface area contributed by atoms with Crippen LogP contribution in [0.25, 0.3) is 0 Å². The Kier molecular flexibility index (Phi) is 4.90. The van der Waals surface area contributed by atoms with E-state index in [0.29, 0.717) is 31.7 Å². The van der Waals surface area contributed by atoms with Gasteiger partial charge in [0.1, 0.15) is 0 Å². The molecule has 2 rings (SSSR count). The van der Waals surface area contributed by atoms with Crippen LogP contribution in [0.15, 0.2) is 18.2 Å². The monoisotopic (exact) mass is 320 g/mol. The Labute approximate surface area is 124 Å². The fourth-order valence-electron chi connectivity index (χ4n) is 2.56. The van der Waals surface area contributed by atoms with E-state index in [1.807, 2.05) is 0 Å². The predicted octanol–water partition coefficient (Wildman–Crippen LogP) is 2.77. The zero-order chi connectivity index (χ0) is 16.3. The van der Waals surface area contributed by atoms with Gasteiger partial charge in [-0.05, 0) is 37.8 Å². The summed E-state index contributed by atoms with van der Waals surface area (Å²) in [7, 11) is 0. The van der Waals surface area contributed by atoms with Gasteiger partial charge in [-0.15, -0.1) is 0 Å². The Bertz CT molecular complexity index is 540. The van der Waals surface area contributed by atoms with Crippen molar-refractivity contribution in [3.8, 4) is 5.75 Å². The molecular weight excluding hydrogens is 304 g/mol. The lowest BCUT2D eigenvalue weighted by atomic mass is 9.87. The van der Waals surface area contributed by atoms with E-state index in [1.165, 1.54) is 6.07 Å². The molecule has 0 saturated heterocycles. The first-order chi connectivity index (χ1) is 10.3. The van der Waals surface area contributed by atoms with E-state index in [2.05, 4.69) is 5.43 Å². The van der Waals surface area contributed by atoms with E-state index in [9.17, 15) is 22.4 Å². The molecule has 0 unspecified atom stereocenters. The van der Waals surface area contributed by atoms with Gasteiger partial charge in [0.05, 0.1) is 11.7 Å². The summed E-state index contributed by atoms with van der Waals surface area (Å²) in [5.74, 6) is 2.72. The van der Waals surface area contributed by atoms with Crippen molar-refractivity contribution < 1.29 is 27.1 Å². The smallest absolute Gasteiger partial charge is 0.419 e. The molecule has 1 aromatic rings. The number of halogens is 4. The van der Waals surface area contributed by atoms with Gasteiger partial charge in [-0.3, -0.25) is 10.2 Å². The third-order valence-electron chi connectivity index (χ3n) is 3.75. The van der Waals surface area contributed by atoms with Gasteiger partial charge in [-0.25, -0.2) is 10.2 Å². The summed E-state index contributed by atoms with van der Waals surface area (Å²) >= 11 is 0. The summed E-state index contributed by atoms with van der Waals surface area (Å²) in [6, 6.07) is 2.95. The first-order valence-corrected chi connectivity index (χ1v) is 6.85. The Hall–Kier alpha value is -1.83. The lowest BCUT2D eigenvalue weighted by molar-refractivity contribution is -0.140. The van der Waals surface area contributed by atoms with Crippen molar-refractivity contribution in [1.29, 1.82) is 0 Å². The summed E-state index contributed by atoms with van der Waals surface area (Å²) in [5, 5.41) is 0. The number of benzene rings is 1. The van der Waals surface area contributed by atoms with E-state index >= 15 is 0 Å². The molecule has 3 N–H and O–H groups in total. The van der Waals surface area contributed by atoms with Crippen LogP contribution in [0.1, 0.15) is 31.2 Å². The highest BCUT2D eigenvalue weighted by Crippen LogP contribution is 2.36. The molecule has 4 nitrogen and oxygen atoms in total. The van der Waals surface area contributed by atoms with Gasteiger partial charge < -0.3 is 4.74 Å². The minimum absolute atomic E-state index is 0.240. The summed E-state index contributed by atoms with van der Waals surface area (Å²) in [6.45, 7) is 0. The first kappa shape index (κ1) is 16.5. The first-order valence-electron chi connectivity index (χ1n) is 6.85. The molecule has 1 aliphatic rings. The molecule has 1 amide bonds. The van der Waals surface area contributed by atoms with E-state index in [4.69, 9.17) is 10.6 Å². The van der Waals surface area contributed by atoms with Gasteiger partial charge in [0.15, 0.2) is 11.6 Å². The van der Waals surface area contributed by atoms with E-state index in [0.717, 1.165) is 6.07 Å². The number of alkyl halides is 3. The summed E-state index contributed by atoms with van der Waals surface area (Å²) in [4.78, 5) is 11.4. The van der Waals surface area contributed by atoms with Crippen LogP contribution in [0.2, 0.25) is 0 Å². The van der Waals surface area contributed by atoms with E-state index in [1.54, 1.807) is 0 Å². The minimum Gasteiger partial charge on any atom is -0.487 e. The van der Waals surface area contributed by atoms with Crippen molar-refractivity contribution >= 4 is 5.91 Å². The van der Waals surface area contributed by atoms with Crippen LogP contribution in [-0.4, -0.2) is 12.0 Å². The zero-order valence-corrected chi connectivity index (χ0v) is 11.6. The lowest BCUT2D eigenvalue weighted by Crippen LogP contribution is -2.38. The molecule has 8 heteroatoms. The van der Waals surface area contributed by atoms with Crippen LogP contribution in [0.3, 0.4) is 0 Å². The predicted molar refractivity (Wildman–Crippen MR) is 70.1 cm³/mol. The fourth-order valence-corrected chi connectivity index (χ4v) is 2.56. The van der Waals surface area contributed by atoms with Gasteiger partial charge in [0, 0.05) is 5.92 Å². The number of carbonyl (C=O) groups is 1. The molecule has 1 fully saturated rings. The van der Waals surface area contributed by atoms with Crippen molar-refractivity contribution in [3.05, 3.63) is 29.6 Å². The van der Waals surface area contributed by atoms with Crippen LogP contribution >= 0.6 is 0 Å². The largest absolute Gasteiger partial charge is 0.487 e. The molecule has 1 aromatic carbocycles. The molecule has 1 aliphatic carbocycles. The van der Waals surface area contributed by atoms with E-state index < -0.39 is 29.4 Å². The number of amides is 1. The Morgan fingerprint density at radius 2 is 1.86 bits per heavy atom. The fraction of sp³-hybridized carbons (Fsp3) is 0.500. The minimum atomic E-state index is -4.76. The second-order valence-corrected chi connectivity index (χ2v) is 5.22. The Morgan fingerprint density at radius 3 is 2.41 bits per heavy atom. The molecule has 0 spiro atoms. The number of ether oxygens (including phenoxy) is 1. The third kappa shape index (κ3) is 3.68. The maximum absolute atomic E-state index is 13.9. The van der Waals surface area contributed by atoms with Crippen LogP contribution < -0.4 is 16.0 Å². The van der Waals surface area contributed by atoms with Crippen molar-refractivity contribution in [1.82, 2.24) is 5.43 Å². The quantitative estimate of drug-likeness (QED) is 0.389. The highest BCUT2D eigenvalue weighted by molar-refractivity contribution is 5.78. The van der Waals surface area contributed by atoms with Gasteiger partial charge >= 0.3 is 6.18 Å². The normalized spacial score (nSPS) is 22.2. The van der Waals surface area contributed by atoms with Gasteiger partial charge in [-0.2, -0.15) is 13.2 Å². The van der Waals surface area contributed by atoms with Crippen LogP contribution in [0, 0.1) is 11.7 Å². The topological polar surface area (TPSA) is 64.3 Å². The number of hydrogen-bond donors (Lipinski definition) is 2. The summed E-state index contributed by atoms with van der Waals surface area (Å²) in [6.07, 6.45) is -3.29. The van der Waals surface area contributed by atoms with Crippen LogP contribution in [0.5, 0.6) is 5.75 Å². The average Bonchev–Trinajstić information content (AvgIpc) is 2.48. The molecule has 122 valence electrons. The maximum Gasteiger partial charge on any atom is 0.419 e. The molecule has 22 heavy (non-hydrogen) atoms. The number of nitrogens with one attached hydrogen (secondary N) is 1. The highest BCUT2D eigenvalue weighted by Gasteiger charge is 2.36. The number of rotatable bonds is 3.